The second-order valence-electron chi connectivity index (χ2n) is 10.6. The molecule has 47 heavy (non-hydrogen) atoms. The first-order valence-corrected chi connectivity index (χ1v) is 17.7. The van der Waals surface area contributed by atoms with Crippen molar-refractivity contribution >= 4 is 57.3 Å². The summed E-state index contributed by atoms with van der Waals surface area (Å²) in [6, 6.07) is 18.6. The van der Waals surface area contributed by atoms with Crippen molar-refractivity contribution < 1.29 is 28.9 Å². The summed E-state index contributed by atoms with van der Waals surface area (Å²) in [5.41, 5.74) is 1.90. The lowest BCUT2D eigenvalue weighted by Gasteiger charge is -2.23. The van der Waals surface area contributed by atoms with Gasteiger partial charge in [0.25, 0.3) is 5.78 Å². The van der Waals surface area contributed by atoms with E-state index in [2.05, 4.69) is 17.1 Å². The van der Waals surface area contributed by atoms with Gasteiger partial charge in [-0.25, -0.2) is 0 Å². The number of carbonyl (C=O) groups is 2. The van der Waals surface area contributed by atoms with E-state index in [1.165, 1.54) is 28.0 Å². The number of hydrogen-bond donors (Lipinski definition) is 1. The first-order valence-electron chi connectivity index (χ1n) is 15.5. The monoisotopic (exact) mass is 693 g/mol. The van der Waals surface area contributed by atoms with Crippen LogP contribution >= 0.6 is 34.7 Å². The number of aliphatic hydroxyl groups excluding tert-OH is 1. The molecule has 1 atom stereocenters. The van der Waals surface area contributed by atoms with E-state index in [1.54, 1.807) is 42.5 Å². The number of aromatic nitrogens is 2. The van der Waals surface area contributed by atoms with Crippen LogP contribution in [0.4, 0.5) is 5.13 Å². The van der Waals surface area contributed by atoms with Crippen LogP contribution in [0.15, 0.2) is 76.6 Å². The van der Waals surface area contributed by atoms with Crippen LogP contribution < -0.4 is 19.1 Å². The zero-order valence-electron chi connectivity index (χ0n) is 26.4. The third-order valence-corrected chi connectivity index (χ3v) is 9.64. The minimum atomic E-state index is -1.00. The quantitative estimate of drug-likeness (QED) is 0.0327. The summed E-state index contributed by atoms with van der Waals surface area (Å²) >= 11 is 8.68. The van der Waals surface area contributed by atoms with Gasteiger partial charge in [-0.3, -0.25) is 14.5 Å². The lowest BCUT2D eigenvalue weighted by molar-refractivity contribution is -0.132. The van der Waals surface area contributed by atoms with E-state index < -0.39 is 17.7 Å². The van der Waals surface area contributed by atoms with Gasteiger partial charge in [0.05, 0.1) is 31.4 Å². The summed E-state index contributed by atoms with van der Waals surface area (Å²) < 4.78 is 18.2. The number of rotatable bonds is 15. The minimum Gasteiger partial charge on any atom is -0.507 e. The second kappa shape index (κ2) is 16.2. The summed E-state index contributed by atoms with van der Waals surface area (Å²) in [4.78, 5) is 28.8. The maximum atomic E-state index is 13.8. The molecule has 246 valence electrons. The number of unbranched alkanes of at least 4 members (excludes halogenated alkanes) is 1. The van der Waals surface area contributed by atoms with Crippen LogP contribution in [0.2, 0.25) is 5.02 Å². The van der Waals surface area contributed by atoms with Gasteiger partial charge in [-0.1, -0.05) is 73.2 Å². The number of halogens is 1. The number of hydrogen-bond acceptors (Lipinski definition) is 10. The maximum absolute atomic E-state index is 13.8. The first-order chi connectivity index (χ1) is 22.8. The van der Waals surface area contributed by atoms with Crippen LogP contribution in [-0.2, 0) is 15.3 Å². The fourth-order valence-electron chi connectivity index (χ4n) is 4.92. The highest BCUT2D eigenvalue weighted by molar-refractivity contribution is 8.00. The van der Waals surface area contributed by atoms with E-state index in [9.17, 15) is 14.7 Å². The molecule has 0 saturated carbocycles. The summed E-state index contributed by atoms with van der Waals surface area (Å²) in [5.74, 6) is 0.333. The van der Waals surface area contributed by atoms with Gasteiger partial charge in [0.15, 0.2) is 15.8 Å². The Morgan fingerprint density at radius 2 is 1.68 bits per heavy atom. The normalized spacial score (nSPS) is 15.7. The Morgan fingerprint density at radius 3 is 2.38 bits per heavy atom. The molecule has 9 nitrogen and oxygen atoms in total. The van der Waals surface area contributed by atoms with E-state index in [-0.39, 0.29) is 16.5 Å². The van der Waals surface area contributed by atoms with Crippen LogP contribution in [0, 0.1) is 0 Å². The molecule has 4 aromatic rings. The summed E-state index contributed by atoms with van der Waals surface area (Å²) in [7, 11) is 0. The van der Waals surface area contributed by atoms with Crippen molar-refractivity contribution in [2.45, 2.75) is 56.2 Å². The largest absolute Gasteiger partial charge is 0.507 e. The molecule has 1 amide bonds. The molecule has 1 fully saturated rings. The second-order valence-corrected chi connectivity index (χ2v) is 13.3. The molecule has 1 N–H and O–H groups in total. The summed E-state index contributed by atoms with van der Waals surface area (Å²) in [6.07, 6.45) is 2.71. The van der Waals surface area contributed by atoms with Gasteiger partial charge in [0.2, 0.25) is 5.13 Å². The highest BCUT2D eigenvalue weighted by Gasteiger charge is 2.48. The topological polar surface area (TPSA) is 111 Å². The van der Waals surface area contributed by atoms with E-state index in [0.717, 1.165) is 24.8 Å². The van der Waals surface area contributed by atoms with Gasteiger partial charge < -0.3 is 19.3 Å². The van der Waals surface area contributed by atoms with E-state index in [0.29, 0.717) is 63.3 Å². The summed E-state index contributed by atoms with van der Waals surface area (Å²) in [6.45, 7) is 7.42. The summed E-state index contributed by atoms with van der Waals surface area (Å²) in [5, 5.41) is 21.1. The Hall–Kier alpha value is -4.06. The number of amides is 1. The molecule has 0 bridgehead atoms. The molecule has 5 rings (SSSR count). The number of carbonyl (C=O) groups excluding carboxylic acids is 2. The average molecular weight is 694 g/mol. The SMILES string of the molecule is CCCCOc1ccc(C2/C(=C(\O)c3ccc(OCCC)cc3)C(=O)C(=O)N2c2nnc(SCc3ccc(Cl)cc3)s2)cc1OCC. The van der Waals surface area contributed by atoms with Gasteiger partial charge >= 0.3 is 5.91 Å². The number of nitrogens with zero attached hydrogens (tertiary/aromatic N) is 3. The van der Waals surface area contributed by atoms with Crippen molar-refractivity contribution in [2.75, 3.05) is 24.7 Å². The van der Waals surface area contributed by atoms with Crippen LogP contribution in [-0.4, -0.2) is 46.8 Å². The van der Waals surface area contributed by atoms with Crippen LogP contribution in [0.25, 0.3) is 5.76 Å². The third kappa shape index (κ3) is 8.09. The number of Topliss-reactive ketones (excluding diaryl/α,β-unsaturated/α-hetero) is 1. The lowest BCUT2D eigenvalue weighted by Crippen LogP contribution is -2.29. The van der Waals surface area contributed by atoms with Crippen LogP contribution in [0.3, 0.4) is 0 Å². The fraction of sp³-hybridized carbons (Fsp3) is 0.314. The molecular weight excluding hydrogens is 658 g/mol. The maximum Gasteiger partial charge on any atom is 0.301 e. The van der Waals surface area contributed by atoms with Crippen molar-refractivity contribution in [1.29, 1.82) is 0 Å². The van der Waals surface area contributed by atoms with E-state index >= 15 is 0 Å². The van der Waals surface area contributed by atoms with Crippen molar-refractivity contribution in [2.24, 2.45) is 0 Å². The Labute approximate surface area is 287 Å². The standard InChI is InChI=1S/C35H36ClN3O6S2/c1-4-7-19-45-27-17-12-24(20-28(27)43-6-3)30-29(31(40)23-10-15-26(16-11-23)44-18-5-2)32(41)33(42)39(30)34-37-38-35(47-34)46-21-22-8-13-25(36)14-9-22/h8-17,20,30,40H,4-7,18-19,21H2,1-3H3/b31-29+. The Bertz CT molecular complexity index is 1730. The van der Waals surface area contributed by atoms with Gasteiger partial charge in [-0.15, -0.1) is 10.2 Å². The smallest absolute Gasteiger partial charge is 0.301 e. The number of benzene rings is 3. The molecule has 1 aromatic heterocycles. The molecule has 12 heteroatoms. The number of ketones is 1. The zero-order valence-corrected chi connectivity index (χ0v) is 28.8. The van der Waals surface area contributed by atoms with Crippen molar-refractivity contribution in [3.8, 4) is 17.2 Å². The van der Waals surface area contributed by atoms with Crippen LogP contribution in [0.1, 0.15) is 62.8 Å². The molecular formula is C35H36ClN3O6S2. The highest BCUT2D eigenvalue weighted by atomic mass is 35.5. The van der Waals surface area contributed by atoms with Gasteiger partial charge in [0, 0.05) is 16.3 Å². The molecule has 1 saturated heterocycles. The molecule has 1 aliphatic rings. The Kier molecular flexibility index (Phi) is 11.8. The highest BCUT2D eigenvalue weighted by Crippen LogP contribution is 2.46. The minimum absolute atomic E-state index is 0.0649. The van der Waals surface area contributed by atoms with Crippen molar-refractivity contribution in [3.63, 3.8) is 0 Å². The molecule has 3 aromatic carbocycles. The Balaban J connectivity index is 1.55. The van der Waals surface area contributed by atoms with E-state index in [1.807, 2.05) is 38.1 Å². The zero-order chi connectivity index (χ0) is 33.3. The molecule has 1 aliphatic heterocycles. The number of thioether (sulfide) groups is 1. The molecule has 1 unspecified atom stereocenters. The molecule has 0 spiro atoms. The molecule has 2 heterocycles. The molecule has 0 radical (unpaired) electrons. The Morgan fingerprint density at radius 1 is 0.915 bits per heavy atom. The van der Waals surface area contributed by atoms with Gasteiger partial charge in [0.1, 0.15) is 11.5 Å². The van der Waals surface area contributed by atoms with E-state index in [4.69, 9.17) is 25.8 Å². The molecule has 0 aliphatic carbocycles. The van der Waals surface area contributed by atoms with Gasteiger partial charge in [-0.2, -0.15) is 0 Å². The van der Waals surface area contributed by atoms with Crippen molar-refractivity contribution in [1.82, 2.24) is 10.2 Å². The predicted molar refractivity (Wildman–Crippen MR) is 186 cm³/mol. The number of aliphatic hydroxyl groups is 1. The fourth-order valence-corrected chi connectivity index (χ4v) is 6.87. The number of ether oxygens (including phenoxy) is 3. The first kappa shape index (κ1) is 34.3. The van der Waals surface area contributed by atoms with Gasteiger partial charge in [-0.05, 0) is 79.4 Å². The average Bonchev–Trinajstić information content (AvgIpc) is 3.65. The number of anilines is 1. The van der Waals surface area contributed by atoms with Crippen molar-refractivity contribution in [3.05, 3.63) is 94.0 Å². The third-order valence-electron chi connectivity index (χ3n) is 7.26. The predicted octanol–water partition coefficient (Wildman–Crippen LogP) is 8.48. The lowest BCUT2D eigenvalue weighted by atomic mass is 9.95. The van der Waals surface area contributed by atoms with Crippen LogP contribution in [0.5, 0.6) is 17.2 Å².